The van der Waals surface area contributed by atoms with Crippen LogP contribution in [0.3, 0.4) is 0 Å². The van der Waals surface area contributed by atoms with Gasteiger partial charge in [-0.1, -0.05) is 0 Å². The molecule has 0 radical (unpaired) electrons. The molecule has 0 saturated heterocycles. The highest BCUT2D eigenvalue weighted by Crippen LogP contribution is 2.13. The third-order valence-electron chi connectivity index (χ3n) is 2.23. The molecule has 1 aromatic rings. The first-order valence-electron chi connectivity index (χ1n) is 5.03. The van der Waals surface area contributed by atoms with Gasteiger partial charge in [-0.25, -0.2) is 9.78 Å². The smallest absolute Gasteiger partial charge is 0.414 e. The van der Waals surface area contributed by atoms with Crippen LogP contribution in [0.25, 0.3) is 0 Å². The van der Waals surface area contributed by atoms with Gasteiger partial charge in [0.2, 0.25) is 0 Å². The first-order chi connectivity index (χ1) is 8.04. The second-order valence-electron chi connectivity index (χ2n) is 3.45. The summed E-state index contributed by atoms with van der Waals surface area (Å²) in [6.07, 6.45) is 1.46. The quantitative estimate of drug-likeness (QED) is 0.855. The molecule has 0 aromatic carbocycles. The molecule has 0 spiro atoms. The van der Waals surface area contributed by atoms with E-state index in [1.54, 1.807) is 12.1 Å². The molecule has 0 aliphatic rings. The highest BCUT2D eigenvalue weighted by atomic mass is 16.5. The fraction of sp³-hybridized carbons (Fsp3) is 0.364. The van der Waals surface area contributed by atoms with Crippen molar-refractivity contribution < 1.29 is 19.4 Å². The Morgan fingerprint density at radius 2 is 2.24 bits per heavy atom. The molecule has 0 bridgehead atoms. The number of carboxylic acids is 1. The Hall–Kier alpha value is -2.11. The summed E-state index contributed by atoms with van der Waals surface area (Å²) >= 11 is 0. The van der Waals surface area contributed by atoms with Crippen LogP contribution in [0.1, 0.15) is 12.0 Å². The first-order valence-corrected chi connectivity index (χ1v) is 5.03. The van der Waals surface area contributed by atoms with E-state index in [1.807, 2.05) is 0 Å². The van der Waals surface area contributed by atoms with E-state index in [2.05, 4.69) is 9.72 Å². The number of carbonyl (C=O) groups excluding carboxylic acids is 1. The van der Waals surface area contributed by atoms with Crippen LogP contribution in [-0.2, 0) is 16.0 Å². The molecule has 0 aliphatic heterocycles. The molecule has 92 valence electrons. The number of carbonyl (C=O) groups is 2. The van der Waals surface area contributed by atoms with Crippen molar-refractivity contribution in [2.75, 3.05) is 19.1 Å². The molecule has 1 amide bonds. The number of aromatic nitrogens is 1. The zero-order chi connectivity index (χ0) is 12.8. The van der Waals surface area contributed by atoms with Crippen LogP contribution >= 0.6 is 0 Å². The summed E-state index contributed by atoms with van der Waals surface area (Å²) in [5.74, 6) is -0.426. The van der Waals surface area contributed by atoms with E-state index < -0.39 is 12.1 Å². The minimum Gasteiger partial charge on any atom is -0.481 e. The monoisotopic (exact) mass is 238 g/mol. The Balaban J connectivity index is 2.78. The molecular weight excluding hydrogens is 224 g/mol. The number of pyridine rings is 1. The van der Waals surface area contributed by atoms with Gasteiger partial charge in [-0.2, -0.15) is 0 Å². The molecule has 6 heteroatoms. The molecule has 1 heterocycles. The van der Waals surface area contributed by atoms with Crippen molar-refractivity contribution in [3.63, 3.8) is 0 Å². The number of aliphatic carboxylic acids is 1. The Morgan fingerprint density at radius 1 is 1.53 bits per heavy atom. The van der Waals surface area contributed by atoms with Gasteiger partial charge in [0.05, 0.1) is 7.11 Å². The molecule has 1 rings (SSSR count). The maximum Gasteiger partial charge on any atom is 0.414 e. The van der Waals surface area contributed by atoms with E-state index in [1.165, 1.54) is 25.3 Å². The van der Waals surface area contributed by atoms with Crippen LogP contribution in [0.4, 0.5) is 10.6 Å². The molecule has 17 heavy (non-hydrogen) atoms. The van der Waals surface area contributed by atoms with E-state index in [0.29, 0.717) is 12.2 Å². The van der Waals surface area contributed by atoms with Gasteiger partial charge in [0.1, 0.15) is 5.82 Å². The van der Waals surface area contributed by atoms with Crippen LogP contribution in [0, 0.1) is 0 Å². The number of aryl methyl sites for hydroxylation is 1. The van der Waals surface area contributed by atoms with Crippen molar-refractivity contribution in [1.29, 1.82) is 0 Å². The second kappa shape index (κ2) is 5.83. The van der Waals surface area contributed by atoms with Crippen LogP contribution in [0.2, 0.25) is 0 Å². The third-order valence-corrected chi connectivity index (χ3v) is 2.23. The largest absolute Gasteiger partial charge is 0.481 e. The number of hydrogen-bond acceptors (Lipinski definition) is 4. The van der Waals surface area contributed by atoms with E-state index in [9.17, 15) is 9.59 Å². The van der Waals surface area contributed by atoms with Gasteiger partial charge in [0.15, 0.2) is 0 Å². The Morgan fingerprint density at radius 3 is 2.82 bits per heavy atom. The lowest BCUT2D eigenvalue weighted by Gasteiger charge is -2.14. The number of amides is 1. The lowest BCUT2D eigenvalue weighted by Crippen LogP contribution is -2.26. The standard InChI is InChI=1S/C11H14N2O4/c1-13(11(16)17-2)9-7-8(5-6-12-9)3-4-10(14)15/h5-7H,3-4H2,1-2H3,(H,14,15). The molecule has 1 N–H and O–H groups in total. The number of hydrogen-bond donors (Lipinski definition) is 1. The van der Waals surface area contributed by atoms with Crippen LogP contribution in [0.15, 0.2) is 18.3 Å². The third kappa shape index (κ3) is 3.75. The van der Waals surface area contributed by atoms with Crippen molar-refractivity contribution in [2.45, 2.75) is 12.8 Å². The second-order valence-corrected chi connectivity index (χ2v) is 3.45. The minimum absolute atomic E-state index is 0.0470. The van der Waals surface area contributed by atoms with Crippen LogP contribution in [-0.4, -0.2) is 36.3 Å². The Kier molecular flexibility index (Phi) is 4.45. The number of anilines is 1. The fourth-order valence-corrected chi connectivity index (χ4v) is 1.28. The first kappa shape index (κ1) is 13.0. The number of ether oxygens (including phenoxy) is 1. The molecule has 0 saturated carbocycles. The van der Waals surface area contributed by atoms with E-state index in [-0.39, 0.29) is 6.42 Å². The van der Waals surface area contributed by atoms with Gasteiger partial charge in [-0.15, -0.1) is 0 Å². The summed E-state index contributed by atoms with van der Waals surface area (Å²) in [5.41, 5.74) is 0.813. The zero-order valence-electron chi connectivity index (χ0n) is 9.71. The lowest BCUT2D eigenvalue weighted by molar-refractivity contribution is -0.136. The number of methoxy groups -OCH3 is 1. The molecule has 6 nitrogen and oxygen atoms in total. The van der Waals surface area contributed by atoms with Gasteiger partial charge < -0.3 is 9.84 Å². The van der Waals surface area contributed by atoms with Crippen molar-refractivity contribution in [1.82, 2.24) is 4.98 Å². The molecule has 0 aliphatic carbocycles. The summed E-state index contributed by atoms with van der Waals surface area (Å²) in [6.45, 7) is 0. The van der Waals surface area contributed by atoms with Gasteiger partial charge >= 0.3 is 12.1 Å². The molecular formula is C11H14N2O4. The Labute approximate surface area is 98.8 Å². The van der Waals surface area contributed by atoms with Crippen molar-refractivity contribution in [3.8, 4) is 0 Å². The number of rotatable bonds is 4. The van der Waals surface area contributed by atoms with Crippen molar-refractivity contribution >= 4 is 17.9 Å². The SMILES string of the molecule is COC(=O)N(C)c1cc(CCC(=O)O)ccn1. The Bertz CT molecular complexity index is 420. The predicted molar refractivity (Wildman–Crippen MR) is 61.0 cm³/mol. The lowest BCUT2D eigenvalue weighted by atomic mass is 10.1. The zero-order valence-corrected chi connectivity index (χ0v) is 9.71. The summed E-state index contributed by atoms with van der Waals surface area (Å²) in [4.78, 5) is 27.0. The van der Waals surface area contributed by atoms with E-state index >= 15 is 0 Å². The topological polar surface area (TPSA) is 79.7 Å². The van der Waals surface area contributed by atoms with Crippen LogP contribution < -0.4 is 4.90 Å². The van der Waals surface area contributed by atoms with Crippen molar-refractivity contribution in [2.24, 2.45) is 0 Å². The minimum atomic E-state index is -0.857. The van der Waals surface area contributed by atoms with Gasteiger partial charge in [-0.3, -0.25) is 9.69 Å². The van der Waals surface area contributed by atoms with Gasteiger partial charge in [0.25, 0.3) is 0 Å². The highest BCUT2D eigenvalue weighted by Gasteiger charge is 2.12. The molecule has 0 fully saturated rings. The average Bonchev–Trinajstić information content (AvgIpc) is 2.34. The molecule has 1 aromatic heterocycles. The van der Waals surface area contributed by atoms with E-state index in [0.717, 1.165) is 5.56 Å². The summed E-state index contributed by atoms with van der Waals surface area (Å²) in [5, 5.41) is 8.58. The maximum absolute atomic E-state index is 11.3. The average molecular weight is 238 g/mol. The van der Waals surface area contributed by atoms with Crippen LogP contribution in [0.5, 0.6) is 0 Å². The summed E-state index contributed by atoms with van der Waals surface area (Å²) < 4.78 is 4.56. The number of carboxylic acid groups (broad SMARTS) is 1. The summed E-state index contributed by atoms with van der Waals surface area (Å²) in [6, 6.07) is 3.39. The maximum atomic E-state index is 11.3. The normalized spacial score (nSPS) is 9.76. The van der Waals surface area contributed by atoms with E-state index in [4.69, 9.17) is 5.11 Å². The molecule has 0 atom stereocenters. The predicted octanol–water partition coefficient (Wildman–Crippen LogP) is 1.30. The van der Waals surface area contributed by atoms with Gasteiger partial charge in [-0.05, 0) is 24.1 Å². The molecule has 0 unspecified atom stereocenters. The highest BCUT2D eigenvalue weighted by molar-refractivity contribution is 5.85. The van der Waals surface area contributed by atoms with Crippen molar-refractivity contribution in [3.05, 3.63) is 23.9 Å². The fourth-order valence-electron chi connectivity index (χ4n) is 1.28. The summed E-state index contributed by atoms with van der Waals surface area (Å²) in [7, 11) is 2.82. The number of nitrogens with zero attached hydrogens (tertiary/aromatic N) is 2. The van der Waals surface area contributed by atoms with Gasteiger partial charge in [0, 0.05) is 19.7 Å².